The lowest BCUT2D eigenvalue weighted by Gasteiger charge is -2.37. The van der Waals surface area contributed by atoms with Gasteiger partial charge in [-0.15, -0.1) is 12.4 Å². The van der Waals surface area contributed by atoms with Gasteiger partial charge in [-0.1, -0.05) is 0 Å². The highest BCUT2D eigenvalue weighted by Crippen LogP contribution is 2.19. The predicted molar refractivity (Wildman–Crippen MR) is 52.0 cm³/mol. The Labute approximate surface area is 84.6 Å². The first-order valence-electron chi connectivity index (χ1n) is 4.30. The van der Waals surface area contributed by atoms with Crippen molar-refractivity contribution in [3.63, 3.8) is 0 Å². The van der Waals surface area contributed by atoms with E-state index < -0.39 is 12.2 Å². The monoisotopic (exact) mass is 211 g/mol. The van der Waals surface area contributed by atoms with Gasteiger partial charge in [0.05, 0.1) is 12.2 Å². The molecule has 13 heavy (non-hydrogen) atoms. The van der Waals surface area contributed by atoms with Crippen molar-refractivity contribution in [3.8, 4) is 0 Å². The summed E-state index contributed by atoms with van der Waals surface area (Å²) in [7, 11) is 1.90. The molecule has 1 aliphatic heterocycles. The maximum atomic E-state index is 9.50. The fourth-order valence-electron chi connectivity index (χ4n) is 1.75. The standard InChI is InChI=1S/C8H17NO3.ClH/c1-9-4-6(2-3-10)8(12)7(11)5-9;/h6-8,10-12H,2-5H2,1H3;1H/t6-,7-,8-;/m1./s1. The minimum Gasteiger partial charge on any atom is -0.396 e. The number of β-amino-alcohol motifs (C(OH)–C–C–N with tert-alkyl or cyclic N) is 1. The lowest BCUT2D eigenvalue weighted by atomic mass is 9.90. The molecule has 1 rings (SSSR count). The van der Waals surface area contributed by atoms with E-state index in [2.05, 4.69) is 0 Å². The van der Waals surface area contributed by atoms with E-state index in [1.165, 1.54) is 0 Å². The molecular weight excluding hydrogens is 194 g/mol. The molecule has 0 bridgehead atoms. The van der Waals surface area contributed by atoms with Crippen LogP contribution in [-0.2, 0) is 0 Å². The Morgan fingerprint density at radius 3 is 2.46 bits per heavy atom. The molecule has 0 aromatic heterocycles. The Morgan fingerprint density at radius 1 is 1.31 bits per heavy atom. The molecule has 3 atom stereocenters. The molecule has 0 amide bonds. The zero-order chi connectivity index (χ0) is 9.14. The predicted octanol–water partition coefficient (Wildman–Crippen LogP) is -0.926. The summed E-state index contributed by atoms with van der Waals surface area (Å²) in [5.74, 6) is 0.00347. The van der Waals surface area contributed by atoms with Gasteiger partial charge in [0.1, 0.15) is 0 Å². The topological polar surface area (TPSA) is 63.9 Å². The summed E-state index contributed by atoms with van der Waals surface area (Å²) in [6.07, 6.45) is -0.781. The molecule has 5 heteroatoms. The average Bonchev–Trinajstić information content (AvgIpc) is 2.00. The van der Waals surface area contributed by atoms with Gasteiger partial charge in [-0.25, -0.2) is 0 Å². The van der Waals surface area contributed by atoms with Crippen molar-refractivity contribution in [3.05, 3.63) is 0 Å². The second-order valence-corrected chi connectivity index (χ2v) is 3.55. The summed E-state index contributed by atoms with van der Waals surface area (Å²) in [4.78, 5) is 1.97. The van der Waals surface area contributed by atoms with Crippen LogP contribution in [0.4, 0.5) is 0 Å². The highest BCUT2D eigenvalue weighted by atomic mass is 35.5. The van der Waals surface area contributed by atoms with Crippen molar-refractivity contribution >= 4 is 12.4 Å². The molecule has 0 radical (unpaired) electrons. The number of likely N-dealkylation sites (tertiary alicyclic amines) is 1. The van der Waals surface area contributed by atoms with Gasteiger partial charge in [0.25, 0.3) is 0 Å². The van der Waals surface area contributed by atoms with E-state index in [-0.39, 0.29) is 24.9 Å². The molecule has 1 saturated heterocycles. The van der Waals surface area contributed by atoms with Crippen LogP contribution in [0.5, 0.6) is 0 Å². The molecule has 0 aliphatic carbocycles. The maximum absolute atomic E-state index is 9.50. The second-order valence-electron chi connectivity index (χ2n) is 3.55. The van der Waals surface area contributed by atoms with Gasteiger partial charge in [-0.2, -0.15) is 0 Å². The van der Waals surface area contributed by atoms with Gasteiger partial charge in [0.15, 0.2) is 0 Å². The van der Waals surface area contributed by atoms with Crippen molar-refractivity contribution in [1.82, 2.24) is 4.90 Å². The van der Waals surface area contributed by atoms with Crippen LogP contribution in [0.1, 0.15) is 6.42 Å². The first-order valence-corrected chi connectivity index (χ1v) is 4.30. The number of hydrogen-bond donors (Lipinski definition) is 3. The first kappa shape index (κ1) is 13.1. The van der Waals surface area contributed by atoms with E-state index in [1.54, 1.807) is 0 Å². The Morgan fingerprint density at radius 2 is 1.92 bits per heavy atom. The van der Waals surface area contributed by atoms with Crippen molar-refractivity contribution in [2.45, 2.75) is 18.6 Å². The number of aliphatic hydroxyl groups is 3. The Hall–Kier alpha value is 0.130. The number of hydrogen-bond acceptors (Lipinski definition) is 4. The normalized spacial score (nSPS) is 35.5. The Kier molecular flexibility index (Phi) is 5.83. The largest absolute Gasteiger partial charge is 0.396 e. The zero-order valence-corrected chi connectivity index (χ0v) is 8.57. The number of aliphatic hydroxyl groups excluding tert-OH is 3. The van der Waals surface area contributed by atoms with Gasteiger partial charge in [-0.3, -0.25) is 0 Å². The third-order valence-corrected chi connectivity index (χ3v) is 2.42. The van der Waals surface area contributed by atoms with Gasteiger partial charge in [0, 0.05) is 25.6 Å². The van der Waals surface area contributed by atoms with Crippen LogP contribution in [0.15, 0.2) is 0 Å². The van der Waals surface area contributed by atoms with Crippen LogP contribution >= 0.6 is 12.4 Å². The number of halogens is 1. The number of nitrogens with zero attached hydrogens (tertiary/aromatic N) is 1. The SMILES string of the molecule is CN1C[C@@H](CCO)[C@@H](O)[C@H](O)C1.Cl. The van der Waals surface area contributed by atoms with E-state index in [1.807, 2.05) is 11.9 Å². The molecule has 1 aliphatic rings. The van der Waals surface area contributed by atoms with Gasteiger partial charge >= 0.3 is 0 Å². The van der Waals surface area contributed by atoms with Crippen molar-refractivity contribution in [2.75, 3.05) is 26.7 Å². The number of likely N-dealkylation sites (N-methyl/N-ethyl adjacent to an activating group) is 1. The van der Waals surface area contributed by atoms with E-state index in [4.69, 9.17) is 5.11 Å². The zero-order valence-electron chi connectivity index (χ0n) is 7.76. The summed E-state index contributed by atoms with van der Waals surface area (Å²) < 4.78 is 0. The second kappa shape index (κ2) is 5.78. The molecule has 0 unspecified atom stereocenters. The summed E-state index contributed by atoms with van der Waals surface area (Å²) in [6.45, 7) is 1.34. The van der Waals surface area contributed by atoms with Crippen molar-refractivity contribution in [1.29, 1.82) is 0 Å². The molecule has 1 heterocycles. The minimum atomic E-state index is -0.673. The average molecular weight is 212 g/mol. The van der Waals surface area contributed by atoms with Gasteiger partial charge in [-0.05, 0) is 13.5 Å². The fourth-order valence-corrected chi connectivity index (χ4v) is 1.75. The van der Waals surface area contributed by atoms with Gasteiger partial charge < -0.3 is 20.2 Å². The van der Waals surface area contributed by atoms with E-state index in [9.17, 15) is 10.2 Å². The van der Waals surface area contributed by atoms with Crippen LogP contribution < -0.4 is 0 Å². The molecule has 0 saturated carbocycles. The Balaban J connectivity index is 0.00000144. The number of piperidine rings is 1. The third-order valence-electron chi connectivity index (χ3n) is 2.42. The molecule has 4 nitrogen and oxygen atoms in total. The highest BCUT2D eigenvalue weighted by Gasteiger charge is 2.32. The summed E-state index contributed by atoms with van der Waals surface area (Å²) in [5, 5.41) is 27.6. The molecule has 80 valence electrons. The smallest absolute Gasteiger partial charge is 0.0928 e. The van der Waals surface area contributed by atoms with Crippen LogP contribution in [0.2, 0.25) is 0 Å². The molecule has 0 aromatic carbocycles. The molecule has 0 spiro atoms. The van der Waals surface area contributed by atoms with Crippen molar-refractivity contribution in [2.24, 2.45) is 5.92 Å². The summed E-state index contributed by atoms with van der Waals surface area (Å²) in [6, 6.07) is 0. The highest BCUT2D eigenvalue weighted by molar-refractivity contribution is 5.85. The lowest BCUT2D eigenvalue weighted by molar-refractivity contribution is -0.0727. The third kappa shape index (κ3) is 3.40. The van der Waals surface area contributed by atoms with Crippen molar-refractivity contribution < 1.29 is 15.3 Å². The molecule has 1 fully saturated rings. The fraction of sp³-hybridized carbons (Fsp3) is 1.00. The lowest BCUT2D eigenvalue weighted by Crippen LogP contribution is -2.51. The van der Waals surface area contributed by atoms with E-state index >= 15 is 0 Å². The van der Waals surface area contributed by atoms with E-state index in [0.717, 1.165) is 6.54 Å². The summed E-state index contributed by atoms with van der Waals surface area (Å²) >= 11 is 0. The molecular formula is C8H18ClNO3. The number of rotatable bonds is 2. The summed E-state index contributed by atoms with van der Waals surface area (Å²) in [5.41, 5.74) is 0. The minimum absolute atomic E-state index is 0. The first-order chi connectivity index (χ1) is 5.65. The van der Waals surface area contributed by atoms with Crippen LogP contribution in [0, 0.1) is 5.92 Å². The Bertz CT molecular complexity index is 147. The van der Waals surface area contributed by atoms with E-state index in [0.29, 0.717) is 13.0 Å². The molecule has 3 N–H and O–H groups in total. The van der Waals surface area contributed by atoms with Gasteiger partial charge in [0.2, 0.25) is 0 Å². The van der Waals surface area contributed by atoms with Crippen LogP contribution in [0.25, 0.3) is 0 Å². The molecule has 0 aromatic rings. The maximum Gasteiger partial charge on any atom is 0.0928 e. The van der Waals surface area contributed by atoms with Crippen LogP contribution in [-0.4, -0.2) is 59.2 Å². The quantitative estimate of drug-likeness (QED) is 0.553. The van der Waals surface area contributed by atoms with Crippen LogP contribution in [0.3, 0.4) is 0 Å².